The summed E-state index contributed by atoms with van der Waals surface area (Å²) >= 11 is 0. The van der Waals surface area contributed by atoms with Crippen molar-refractivity contribution in [3.05, 3.63) is 70.4 Å². The number of carbonyl (C=O) groups is 3. The van der Waals surface area contributed by atoms with Gasteiger partial charge in [-0.05, 0) is 42.7 Å². The van der Waals surface area contributed by atoms with Crippen molar-refractivity contribution < 1.29 is 19.1 Å². The van der Waals surface area contributed by atoms with Crippen LogP contribution in [-0.4, -0.2) is 53.9 Å². The van der Waals surface area contributed by atoms with E-state index in [9.17, 15) is 14.4 Å². The summed E-state index contributed by atoms with van der Waals surface area (Å²) in [5, 5.41) is 4.28. The smallest absolute Gasteiger partial charge is 0.261 e. The lowest BCUT2D eigenvalue weighted by molar-refractivity contribution is 0.0638. The Balaban J connectivity index is 1.29. The Bertz CT molecular complexity index is 1210. The molecule has 0 spiro atoms. The molecule has 3 aromatic rings. The normalized spacial score (nSPS) is 17.3. The summed E-state index contributed by atoms with van der Waals surface area (Å²) < 4.78 is 5.00. The summed E-state index contributed by atoms with van der Waals surface area (Å²) in [4.78, 5) is 42.7. The number of ether oxygens (including phenoxy) is 1. The summed E-state index contributed by atoms with van der Waals surface area (Å²) in [6.45, 7) is 0.773. The molecular weight excluding hydrogens is 394 g/mol. The molecule has 0 bridgehead atoms. The van der Waals surface area contributed by atoms with Gasteiger partial charge in [0.05, 0.1) is 11.1 Å². The van der Waals surface area contributed by atoms with Gasteiger partial charge in [0, 0.05) is 54.9 Å². The number of hydrogen-bond donors (Lipinski definition) is 2. The molecule has 3 amide bonds. The SMILES string of the molecule is COCCCN1C(=O)c2ccc(C(=O)NC3Cc4[nH]c5ccccc5c4C3)cc2C1=O. The minimum atomic E-state index is -0.354. The van der Waals surface area contributed by atoms with Crippen LogP contribution >= 0.6 is 0 Å². The molecule has 1 aliphatic heterocycles. The first kappa shape index (κ1) is 19.5. The lowest BCUT2D eigenvalue weighted by Gasteiger charge is -2.13. The molecule has 0 saturated heterocycles. The molecular formula is C24H23N3O4. The number of carbonyl (C=O) groups excluding carboxylic acids is 3. The fourth-order valence-electron chi connectivity index (χ4n) is 4.60. The first-order chi connectivity index (χ1) is 15.1. The number of nitrogens with zero attached hydrogens (tertiary/aromatic N) is 1. The van der Waals surface area contributed by atoms with Crippen molar-refractivity contribution >= 4 is 28.6 Å². The van der Waals surface area contributed by atoms with Gasteiger partial charge in [-0.3, -0.25) is 19.3 Å². The zero-order valence-electron chi connectivity index (χ0n) is 17.2. The fraction of sp³-hybridized carbons (Fsp3) is 0.292. The average molecular weight is 417 g/mol. The van der Waals surface area contributed by atoms with E-state index in [1.165, 1.54) is 21.9 Å². The second-order valence-corrected chi connectivity index (χ2v) is 8.07. The highest BCUT2D eigenvalue weighted by Gasteiger charge is 2.36. The lowest BCUT2D eigenvalue weighted by Crippen LogP contribution is -2.35. The van der Waals surface area contributed by atoms with Gasteiger partial charge in [0.2, 0.25) is 0 Å². The maximum atomic E-state index is 12.9. The molecule has 5 rings (SSSR count). The van der Waals surface area contributed by atoms with Crippen LogP contribution in [0.2, 0.25) is 0 Å². The van der Waals surface area contributed by atoms with Crippen LogP contribution in [0.15, 0.2) is 42.5 Å². The van der Waals surface area contributed by atoms with Crippen molar-refractivity contribution in [1.29, 1.82) is 0 Å². The molecule has 2 N–H and O–H groups in total. The van der Waals surface area contributed by atoms with E-state index < -0.39 is 0 Å². The lowest BCUT2D eigenvalue weighted by atomic mass is 10.0. The Hall–Kier alpha value is -3.45. The molecule has 2 heterocycles. The number of benzene rings is 2. The maximum Gasteiger partial charge on any atom is 0.261 e. The molecule has 1 aliphatic carbocycles. The van der Waals surface area contributed by atoms with E-state index in [-0.39, 0.29) is 29.3 Å². The number of para-hydroxylation sites is 1. The monoisotopic (exact) mass is 417 g/mol. The van der Waals surface area contributed by atoms with Crippen molar-refractivity contribution in [3.8, 4) is 0 Å². The number of fused-ring (bicyclic) bond motifs is 4. The Labute approximate surface area is 179 Å². The topological polar surface area (TPSA) is 91.5 Å². The number of hydrogen-bond acceptors (Lipinski definition) is 4. The Morgan fingerprint density at radius 2 is 1.94 bits per heavy atom. The second kappa shape index (κ2) is 7.67. The summed E-state index contributed by atoms with van der Waals surface area (Å²) in [5.41, 5.74) is 4.56. The van der Waals surface area contributed by atoms with E-state index in [0.717, 1.165) is 24.1 Å². The Morgan fingerprint density at radius 3 is 2.77 bits per heavy atom. The molecule has 1 atom stereocenters. The van der Waals surface area contributed by atoms with Crippen LogP contribution < -0.4 is 5.32 Å². The largest absolute Gasteiger partial charge is 0.385 e. The van der Waals surface area contributed by atoms with Gasteiger partial charge < -0.3 is 15.0 Å². The molecule has 7 heteroatoms. The van der Waals surface area contributed by atoms with Crippen LogP contribution in [0.1, 0.15) is 48.8 Å². The predicted molar refractivity (Wildman–Crippen MR) is 115 cm³/mol. The first-order valence-corrected chi connectivity index (χ1v) is 10.5. The van der Waals surface area contributed by atoms with Crippen LogP contribution in [0.4, 0.5) is 0 Å². The van der Waals surface area contributed by atoms with Gasteiger partial charge in [-0.2, -0.15) is 0 Å². The van der Waals surface area contributed by atoms with E-state index in [0.29, 0.717) is 30.7 Å². The average Bonchev–Trinajstić information content (AvgIpc) is 3.39. The number of rotatable bonds is 6. The molecule has 1 unspecified atom stereocenters. The molecule has 31 heavy (non-hydrogen) atoms. The van der Waals surface area contributed by atoms with Crippen LogP contribution in [0.25, 0.3) is 10.9 Å². The standard InChI is InChI=1S/C24H23N3O4/c1-31-10-4-9-27-23(29)17-8-7-14(11-19(17)24(27)30)22(28)25-15-12-18-16-5-2-3-6-20(16)26-21(18)13-15/h2-3,5-8,11,15,26H,4,9-10,12-13H2,1H3,(H,25,28). The van der Waals surface area contributed by atoms with Crippen molar-refractivity contribution in [2.45, 2.75) is 25.3 Å². The van der Waals surface area contributed by atoms with Gasteiger partial charge in [0.15, 0.2) is 0 Å². The van der Waals surface area contributed by atoms with Crippen LogP contribution in [-0.2, 0) is 17.6 Å². The minimum Gasteiger partial charge on any atom is -0.385 e. The zero-order valence-corrected chi connectivity index (χ0v) is 17.2. The Morgan fingerprint density at radius 1 is 1.13 bits per heavy atom. The van der Waals surface area contributed by atoms with Gasteiger partial charge in [0.25, 0.3) is 17.7 Å². The number of methoxy groups -OCH3 is 1. The number of aromatic amines is 1. The van der Waals surface area contributed by atoms with E-state index in [1.54, 1.807) is 19.2 Å². The van der Waals surface area contributed by atoms with Crippen molar-refractivity contribution in [2.75, 3.05) is 20.3 Å². The third-order valence-corrected chi connectivity index (χ3v) is 6.10. The summed E-state index contributed by atoms with van der Waals surface area (Å²) in [5.74, 6) is -0.905. The zero-order chi connectivity index (χ0) is 21.5. The summed E-state index contributed by atoms with van der Waals surface area (Å²) in [6, 6.07) is 12.9. The fourth-order valence-corrected chi connectivity index (χ4v) is 4.60. The Kier molecular flexibility index (Phi) is 4.82. The highest BCUT2D eigenvalue weighted by Crippen LogP contribution is 2.30. The quantitative estimate of drug-likeness (QED) is 0.477. The van der Waals surface area contributed by atoms with Gasteiger partial charge in [-0.1, -0.05) is 18.2 Å². The predicted octanol–water partition coefficient (Wildman–Crippen LogP) is 2.70. The molecule has 2 aliphatic rings. The van der Waals surface area contributed by atoms with Gasteiger partial charge in [-0.15, -0.1) is 0 Å². The summed E-state index contributed by atoms with van der Waals surface area (Å²) in [7, 11) is 1.58. The number of H-pyrrole nitrogens is 1. The molecule has 158 valence electrons. The maximum absolute atomic E-state index is 12.9. The van der Waals surface area contributed by atoms with E-state index in [2.05, 4.69) is 22.4 Å². The molecule has 7 nitrogen and oxygen atoms in total. The highest BCUT2D eigenvalue weighted by molar-refractivity contribution is 6.22. The minimum absolute atomic E-state index is 0.00511. The van der Waals surface area contributed by atoms with E-state index in [4.69, 9.17) is 4.74 Å². The molecule has 2 aromatic carbocycles. The molecule has 0 saturated carbocycles. The third-order valence-electron chi connectivity index (χ3n) is 6.10. The van der Waals surface area contributed by atoms with Gasteiger partial charge in [-0.25, -0.2) is 0 Å². The van der Waals surface area contributed by atoms with Crippen molar-refractivity contribution in [1.82, 2.24) is 15.2 Å². The van der Waals surface area contributed by atoms with Gasteiger partial charge in [0.1, 0.15) is 0 Å². The van der Waals surface area contributed by atoms with Crippen molar-refractivity contribution in [3.63, 3.8) is 0 Å². The van der Waals surface area contributed by atoms with E-state index >= 15 is 0 Å². The van der Waals surface area contributed by atoms with Crippen LogP contribution in [0.5, 0.6) is 0 Å². The molecule has 0 radical (unpaired) electrons. The third kappa shape index (κ3) is 3.31. The van der Waals surface area contributed by atoms with E-state index in [1.807, 2.05) is 12.1 Å². The molecule has 1 aromatic heterocycles. The molecule has 0 fully saturated rings. The second-order valence-electron chi connectivity index (χ2n) is 8.07. The van der Waals surface area contributed by atoms with Crippen LogP contribution in [0, 0.1) is 0 Å². The first-order valence-electron chi connectivity index (χ1n) is 10.5. The number of amides is 3. The van der Waals surface area contributed by atoms with Crippen LogP contribution in [0.3, 0.4) is 0 Å². The van der Waals surface area contributed by atoms with Gasteiger partial charge >= 0.3 is 0 Å². The summed E-state index contributed by atoms with van der Waals surface area (Å²) in [6.07, 6.45) is 2.08. The number of aromatic nitrogens is 1. The van der Waals surface area contributed by atoms with Crippen molar-refractivity contribution in [2.24, 2.45) is 0 Å². The number of nitrogens with one attached hydrogen (secondary N) is 2. The highest BCUT2D eigenvalue weighted by atomic mass is 16.5. The number of imide groups is 1.